The lowest BCUT2D eigenvalue weighted by atomic mass is 10.2. The number of rotatable bonds is 2. The fraction of sp³-hybridized carbons (Fsp3) is 0.125. The highest BCUT2D eigenvalue weighted by Crippen LogP contribution is 2.33. The number of aryl methyl sites for hydroxylation is 1. The van der Waals surface area contributed by atoms with Gasteiger partial charge in [0.25, 0.3) is 5.91 Å². The second-order valence-electron chi connectivity index (χ2n) is 5.27. The maximum atomic E-state index is 13.0. The highest BCUT2D eigenvalue weighted by Gasteiger charge is 2.32. The second kappa shape index (κ2) is 6.34. The highest BCUT2D eigenvalue weighted by atomic mass is 79.9. The van der Waals surface area contributed by atoms with Crippen molar-refractivity contribution in [3.63, 3.8) is 0 Å². The first kappa shape index (κ1) is 17.8. The van der Waals surface area contributed by atoms with Crippen molar-refractivity contribution in [1.82, 2.24) is 9.38 Å². The van der Waals surface area contributed by atoms with Gasteiger partial charge in [0.2, 0.25) is 0 Å². The van der Waals surface area contributed by atoms with Crippen molar-refractivity contribution < 1.29 is 18.0 Å². The molecule has 0 aliphatic heterocycles. The van der Waals surface area contributed by atoms with Crippen LogP contribution in [-0.2, 0) is 6.18 Å². The largest absolute Gasteiger partial charge is 0.417 e. The number of nitrogens with one attached hydrogen (secondary N) is 1. The molecule has 1 aromatic carbocycles. The number of halogens is 5. The zero-order valence-corrected chi connectivity index (χ0v) is 15.0. The number of hydrogen-bond acceptors (Lipinski definition) is 2. The number of aromatic nitrogens is 2. The van der Waals surface area contributed by atoms with Gasteiger partial charge in [0.05, 0.1) is 16.3 Å². The summed E-state index contributed by atoms with van der Waals surface area (Å²) < 4.78 is 41.0. The molecular weight excluding hydrogens is 423 g/mol. The number of alkyl halides is 3. The van der Waals surface area contributed by atoms with Crippen molar-refractivity contribution in [2.75, 3.05) is 5.32 Å². The summed E-state index contributed by atoms with van der Waals surface area (Å²) >= 11 is 9.20. The van der Waals surface area contributed by atoms with E-state index in [9.17, 15) is 18.0 Å². The second-order valence-corrected chi connectivity index (χ2v) is 6.60. The van der Waals surface area contributed by atoms with Gasteiger partial charge in [0.1, 0.15) is 5.69 Å². The molecule has 3 aromatic rings. The maximum Gasteiger partial charge on any atom is 0.417 e. The predicted octanol–water partition coefficient (Wildman–Crippen LogP) is 5.33. The van der Waals surface area contributed by atoms with Crippen molar-refractivity contribution in [1.29, 1.82) is 0 Å². The third-order valence-electron chi connectivity index (χ3n) is 3.49. The number of pyridine rings is 1. The predicted molar refractivity (Wildman–Crippen MR) is 92.0 cm³/mol. The molecule has 25 heavy (non-hydrogen) atoms. The van der Waals surface area contributed by atoms with E-state index in [2.05, 4.69) is 26.2 Å². The van der Waals surface area contributed by atoms with Gasteiger partial charge in [-0.15, -0.1) is 0 Å². The Bertz CT molecular complexity index is 967. The Balaban J connectivity index is 2.08. The Kier molecular flexibility index (Phi) is 4.51. The van der Waals surface area contributed by atoms with Crippen LogP contribution in [0, 0.1) is 6.92 Å². The summed E-state index contributed by atoms with van der Waals surface area (Å²) in [7, 11) is 0. The van der Waals surface area contributed by atoms with E-state index >= 15 is 0 Å². The van der Waals surface area contributed by atoms with Gasteiger partial charge in [-0.3, -0.25) is 9.20 Å². The number of hydrogen-bond donors (Lipinski definition) is 1. The van der Waals surface area contributed by atoms with Gasteiger partial charge in [0, 0.05) is 16.4 Å². The summed E-state index contributed by atoms with van der Waals surface area (Å²) in [4.78, 5) is 16.7. The maximum absolute atomic E-state index is 13.0. The van der Waals surface area contributed by atoms with Gasteiger partial charge in [-0.1, -0.05) is 27.5 Å². The van der Waals surface area contributed by atoms with Gasteiger partial charge < -0.3 is 5.32 Å². The Morgan fingerprint density at radius 3 is 2.52 bits per heavy atom. The number of carbonyl (C=O) groups excluding carboxylic acids is 1. The topological polar surface area (TPSA) is 46.4 Å². The molecular formula is C16H10BrClF3N3O. The van der Waals surface area contributed by atoms with E-state index in [0.717, 1.165) is 21.1 Å². The summed E-state index contributed by atoms with van der Waals surface area (Å²) in [5, 5.41) is 2.46. The molecule has 0 saturated heterocycles. The molecule has 0 fully saturated rings. The minimum absolute atomic E-state index is 0.00841. The average Bonchev–Trinajstić information content (AvgIpc) is 2.85. The van der Waals surface area contributed by atoms with Crippen molar-refractivity contribution in [3.05, 3.63) is 63.0 Å². The lowest BCUT2D eigenvalue weighted by Crippen LogP contribution is -2.16. The first-order valence-electron chi connectivity index (χ1n) is 6.99. The number of imidazole rings is 1. The molecule has 0 saturated carbocycles. The van der Waals surface area contributed by atoms with Crippen LogP contribution in [0.5, 0.6) is 0 Å². The molecule has 2 heterocycles. The Morgan fingerprint density at radius 2 is 1.92 bits per heavy atom. The Morgan fingerprint density at radius 1 is 1.28 bits per heavy atom. The van der Waals surface area contributed by atoms with Crippen LogP contribution in [0.25, 0.3) is 5.65 Å². The molecule has 0 aliphatic rings. The molecule has 1 amide bonds. The van der Waals surface area contributed by atoms with Crippen molar-refractivity contribution in [2.24, 2.45) is 0 Å². The molecule has 4 nitrogen and oxygen atoms in total. The molecule has 2 aromatic heterocycles. The van der Waals surface area contributed by atoms with E-state index in [0.29, 0.717) is 5.69 Å². The number of fused-ring (bicyclic) bond motifs is 1. The molecule has 0 spiro atoms. The van der Waals surface area contributed by atoms with Gasteiger partial charge >= 0.3 is 6.18 Å². The van der Waals surface area contributed by atoms with Gasteiger partial charge in [-0.05, 0) is 37.3 Å². The zero-order valence-electron chi connectivity index (χ0n) is 12.7. The fourth-order valence-corrected chi connectivity index (χ4v) is 2.88. The molecule has 3 rings (SSSR count). The van der Waals surface area contributed by atoms with E-state index in [1.807, 2.05) is 0 Å². The molecule has 0 atom stereocenters. The summed E-state index contributed by atoms with van der Waals surface area (Å²) in [6, 6.07) is 7.58. The summed E-state index contributed by atoms with van der Waals surface area (Å²) in [5.41, 5.74) is -0.101. The van der Waals surface area contributed by atoms with Crippen LogP contribution >= 0.6 is 27.5 Å². The normalized spacial score (nSPS) is 11.8. The number of carbonyl (C=O) groups is 1. The third-order valence-corrected chi connectivity index (χ3v) is 4.30. The minimum atomic E-state index is -4.59. The third kappa shape index (κ3) is 3.50. The van der Waals surface area contributed by atoms with Crippen molar-refractivity contribution in [2.45, 2.75) is 13.1 Å². The van der Waals surface area contributed by atoms with Gasteiger partial charge in [-0.2, -0.15) is 13.2 Å². The van der Waals surface area contributed by atoms with E-state index < -0.39 is 17.6 Å². The minimum Gasteiger partial charge on any atom is -0.321 e. The number of amides is 1. The summed E-state index contributed by atoms with van der Waals surface area (Å²) in [6.45, 7) is 1.53. The number of nitrogens with zero attached hydrogens (tertiary/aromatic N) is 2. The highest BCUT2D eigenvalue weighted by molar-refractivity contribution is 9.10. The molecule has 0 aliphatic carbocycles. The van der Waals surface area contributed by atoms with Crippen molar-refractivity contribution >= 4 is 44.8 Å². The number of benzene rings is 1. The lowest BCUT2D eigenvalue weighted by molar-refractivity contribution is -0.137. The van der Waals surface area contributed by atoms with Crippen LogP contribution in [-0.4, -0.2) is 15.3 Å². The van der Waals surface area contributed by atoms with Gasteiger partial charge in [0.15, 0.2) is 5.65 Å². The zero-order chi connectivity index (χ0) is 18.4. The van der Waals surface area contributed by atoms with Crippen LogP contribution in [0.15, 0.2) is 41.0 Å². The molecule has 0 radical (unpaired) electrons. The lowest BCUT2D eigenvalue weighted by Gasteiger charge is -2.10. The van der Waals surface area contributed by atoms with E-state index in [-0.39, 0.29) is 22.1 Å². The van der Waals surface area contributed by atoms with E-state index in [1.54, 1.807) is 24.3 Å². The molecule has 1 N–H and O–H groups in total. The van der Waals surface area contributed by atoms with Crippen molar-refractivity contribution in [3.8, 4) is 0 Å². The monoisotopic (exact) mass is 431 g/mol. The van der Waals surface area contributed by atoms with Crippen LogP contribution in [0.1, 0.15) is 21.7 Å². The van der Waals surface area contributed by atoms with Crippen LogP contribution in [0.4, 0.5) is 18.9 Å². The smallest absolute Gasteiger partial charge is 0.321 e. The van der Waals surface area contributed by atoms with Crippen LogP contribution in [0.3, 0.4) is 0 Å². The summed E-state index contributed by atoms with van der Waals surface area (Å²) in [6.07, 6.45) is -3.77. The SMILES string of the molecule is Cc1nc2c(Cl)cc(C(F)(F)F)cn2c1C(=O)Nc1ccc(Br)cc1. The summed E-state index contributed by atoms with van der Waals surface area (Å²) in [5.74, 6) is -0.581. The molecule has 0 unspecified atom stereocenters. The Hall–Kier alpha value is -2.06. The molecule has 130 valence electrons. The van der Waals surface area contributed by atoms with Crippen LogP contribution in [0.2, 0.25) is 5.02 Å². The number of anilines is 1. The quantitative estimate of drug-likeness (QED) is 0.595. The first-order chi connectivity index (χ1) is 11.7. The standard InChI is InChI=1S/C16H10BrClF3N3O/c1-8-13(15(25)23-11-4-2-10(17)3-5-11)24-7-9(16(19,20)21)6-12(18)14(24)22-8/h2-7H,1H3,(H,23,25). The van der Waals surface area contributed by atoms with Gasteiger partial charge in [-0.25, -0.2) is 4.98 Å². The Labute approximate surface area is 153 Å². The molecule has 9 heteroatoms. The van der Waals surface area contributed by atoms with E-state index in [4.69, 9.17) is 11.6 Å². The average molecular weight is 433 g/mol. The first-order valence-corrected chi connectivity index (χ1v) is 8.16. The van der Waals surface area contributed by atoms with Crippen LogP contribution < -0.4 is 5.32 Å². The molecule has 0 bridgehead atoms. The van der Waals surface area contributed by atoms with E-state index in [1.165, 1.54) is 6.92 Å². The fourth-order valence-electron chi connectivity index (χ4n) is 2.37.